The molecule has 0 spiro atoms. The van der Waals surface area contributed by atoms with Crippen LogP contribution in [0.3, 0.4) is 0 Å². The zero-order valence-electron chi connectivity index (χ0n) is 7.08. The van der Waals surface area contributed by atoms with Crippen molar-refractivity contribution < 1.29 is 8.78 Å². The highest BCUT2D eigenvalue weighted by Gasteiger charge is 2.23. The van der Waals surface area contributed by atoms with Crippen molar-refractivity contribution in [3.63, 3.8) is 0 Å². The lowest BCUT2D eigenvalue weighted by molar-refractivity contribution is 0.160. The average Bonchev–Trinajstić information content (AvgIpc) is 2.45. The van der Waals surface area contributed by atoms with Gasteiger partial charge in [-0.3, -0.25) is 4.90 Å². The van der Waals surface area contributed by atoms with Gasteiger partial charge in [-0.25, -0.2) is 0 Å². The van der Waals surface area contributed by atoms with E-state index in [0.29, 0.717) is 5.69 Å². The van der Waals surface area contributed by atoms with Crippen LogP contribution in [0.15, 0.2) is 29.2 Å². The Kier molecular flexibility index (Phi) is 2.07. The summed E-state index contributed by atoms with van der Waals surface area (Å²) in [6, 6.07) is 7.29. The van der Waals surface area contributed by atoms with Crippen molar-refractivity contribution in [2.24, 2.45) is 0 Å². The first-order chi connectivity index (χ1) is 6.20. The van der Waals surface area contributed by atoms with E-state index in [4.69, 9.17) is 0 Å². The Morgan fingerprint density at radius 3 is 2.69 bits per heavy atom. The monoisotopic (exact) mass is 201 g/mol. The van der Waals surface area contributed by atoms with Gasteiger partial charge in [-0.05, 0) is 18.4 Å². The number of fused-ring (bicyclic) bond motifs is 1. The summed E-state index contributed by atoms with van der Waals surface area (Å²) < 4.78 is 25.0. The van der Waals surface area contributed by atoms with E-state index >= 15 is 0 Å². The number of halogens is 2. The van der Waals surface area contributed by atoms with Gasteiger partial charge >= 0.3 is 6.55 Å². The molecule has 1 heterocycles. The summed E-state index contributed by atoms with van der Waals surface area (Å²) in [4.78, 5) is 2.04. The lowest BCUT2D eigenvalue weighted by atomic mass is 10.3. The SMILES string of the molecule is CS1=CN(C(F)F)c2ccccc21. The molecule has 1 aromatic rings. The van der Waals surface area contributed by atoms with Gasteiger partial charge in [0.2, 0.25) is 0 Å². The number of rotatable bonds is 1. The second kappa shape index (κ2) is 3.10. The molecule has 4 heteroatoms. The van der Waals surface area contributed by atoms with Crippen molar-refractivity contribution in [1.29, 1.82) is 0 Å². The predicted molar refractivity (Wildman–Crippen MR) is 52.8 cm³/mol. The molecule has 1 aromatic carbocycles. The minimum atomic E-state index is -2.43. The van der Waals surface area contributed by atoms with Gasteiger partial charge in [0.25, 0.3) is 0 Å². The molecule has 0 bridgehead atoms. The smallest absolute Gasteiger partial charge is 0.285 e. The summed E-state index contributed by atoms with van der Waals surface area (Å²) in [7, 11) is -0.178. The molecule has 0 saturated carbocycles. The minimum Gasteiger partial charge on any atom is -0.285 e. The van der Waals surface area contributed by atoms with E-state index in [-0.39, 0.29) is 10.5 Å². The molecular formula is C9H9F2NS. The fraction of sp³-hybridized carbons (Fsp3) is 0.222. The third kappa shape index (κ3) is 1.35. The van der Waals surface area contributed by atoms with Crippen LogP contribution in [0.1, 0.15) is 0 Å². The van der Waals surface area contributed by atoms with Crippen molar-refractivity contribution in [3.8, 4) is 0 Å². The Hall–Kier alpha value is -0.900. The molecule has 0 fully saturated rings. The van der Waals surface area contributed by atoms with Gasteiger partial charge in [0.15, 0.2) is 0 Å². The highest BCUT2D eigenvalue weighted by Crippen LogP contribution is 2.39. The van der Waals surface area contributed by atoms with Crippen molar-refractivity contribution in [1.82, 2.24) is 0 Å². The quantitative estimate of drug-likeness (QED) is 0.499. The average molecular weight is 201 g/mol. The van der Waals surface area contributed by atoms with Gasteiger partial charge < -0.3 is 0 Å². The summed E-state index contributed by atoms with van der Waals surface area (Å²) in [5.74, 6) is 0. The maximum Gasteiger partial charge on any atom is 0.319 e. The molecular weight excluding hydrogens is 192 g/mol. The van der Waals surface area contributed by atoms with Crippen molar-refractivity contribution in [3.05, 3.63) is 24.3 Å². The number of hydrogen-bond donors (Lipinski definition) is 0. The first kappa shape index (κ1) is 8.69. The van der Waals surface area contributed by atoms with Crippen molar-refractivity contribution >= 4 is 21.7 Å². The molecule has 1 aliphatic rings. The van der Waals surface area contributed by atoms with Gasteiger partial charge in [-0.15, -0.1) is 10.5 Å². The molecule has 0 saturated heterocycles. The maximum absolute atomic E-state index is 12.5. The van der Waals surface area contributed by atoms with E-state index in [2.05, 4.69) is 0 Å². The molecule has 70 valence electrons. The third-order valence-electron chi connectivity index (χ3n) is 1.97. The second-order valence-corrected chi connectivity index (χ2v) is 4.58. The fourth-order valence-electron chi connectivity index (χ4n) is 1.38. The van der Waals surface area contributed by atoms with Crippen LogP contribution in [0.4, 0.5) is 14.5 Å². The second-order valence-electron chi connectivity index (χ2n) is 2.82. The van der Waals surface area contributed by atoms with Crippen LogP contribution in [0.2, 0.25) is 0 Å². The van der Waals surface area contributed by atoms with Crippen molar-refractivity contribution in [2.75, 3.05) is 11.2 Å². The summed E-state index contributed by atoms with van der Waals surface area (Å²) in [5.41, 5.74) is 2.23. The van der Waals surface area contributed by atoms with Crippen LogP contribution in [0.5, 0.6) is 0 Å². The van der Waals surface area contributed by atoms with Crippen LogP contribution >= 0.6 is 10.5 Å². The fourth-order valence-corrected chi connectivity index (χ4v) is 2.83. The normalized spacial score (nSPS) is 20.3. The lowest BCUT2D eigenvalue weighted by Crippen LogP contribution is -2.24. The van der Waals surface area contributed by atoms with Crippen LogP contribution < -0.4 is 4.90 Å². The highest BCUT2D eigenvalue weighted by atomic mass is 32.2. The molecule has 1 aliphatic heterocycles. The van der Waals surface area contributed by atoms with Gasteiger partial charge in [-0.2, -0.15) is 8.78 Å². The molecule has 0 amide bonds. The molecule has 0 N–H and O–H groups in total. The topological polar surface area (TPSA) is 3.24 Å². The summed E-state index contributed by atoms with van der Waals surface area (Å²) in [6.45, 7) is -2.43. The molecule has 2 rings (SSSR count). The molecule has 0 aromatic heterocycles. The molecule has 1 atom stereocenters. The van der Waals surface area contributed by atoms with E-state index < -0.39 is 6.55 Å². The largest absolute Gasteiger partial charge is 0.319 e. The van der Waals surface area contributed by atoms with E-state index in [9.17, 15) is 8.78 Å². The Bertz CT molecular complexity index is 362. The molecule has 1 nitrogen and oxygen atoms in total. The van der Waals surface area contributed by atoms with Gasteiger partial charge in [0.1, 0.15) is 0 Å². The minimum absolute atomic E-state index is 0.178. The zero-order chi connectivity index (χ0) is 9.42. The van der Waals surface area contributed by atoms with Crippen LogP contribution in [0.25, 0.3) is 0 Å². The first-order valence-corrected chi connectivity index (χ1v) is 5.55. The number of anilines is 1. The zero-order valence-corrected chi connectivity index (χ0v) is 7.89. The van der Waals surface area contributed by atoms with Crippen LogP contribution in [-0.2, 0) is 0 Å². The Morgan fingerprint density at radius 2 is 2.00 bits per heavy atom. The summed E-state index contributed by atoms with van der Waals surface area (Å²) in [5, 5.41) is 0. The van der Waals surface area contributed by atoms with Crippen LogP contribution in [0, 0.1) is 0 Å². The number of benzene rings is 1. The van der Waals surface area contributed by atoms with Gasteiger partial charge in [0, 0.05) is 10.4 Å². The molecule has 0 radical (unpaired) electrons. The number of hydrogen-bond acceptors (Lipinski definition) is 1. The molecule has 1 unspecified atom stereocenters. The van der Waals surface area contributed by atoms with E-state index in [1.165, 1.54) is 0 Å². The van der Waals surface area contributed by atoms with E-state index in [1.54, 1.807) is 17.6 Å². The molecule has 0 aliphatic carbocycles. The number of para-hydroxylation sites is 1. The van der Waals surface area contributed by atoms with Gasteiger partial charge in [0.05, 0.1) is 5.69 Å². The Morgan fingerprint density at radius 1 is 1.31 bits per heavy atom. The van der Waals surface area contributed by atoms with Gasteiger partial charge in [-0.1, -0.05) is 12.1 Å². The van der Waals surface area contributed by atoms with E-state index in [0.717, 1.165) is 9.80 Å². The predicted octanol–water partition coefficient (Wildman–Crippen LogP) is 2.75. The molecule has 13 heavy (non-hydrogen) atoms. The van der Waals surface area contributed by atoms with E-state index in [1.807, 2.05) is 18.4 Å². The Balaban J connectivity index is 2.50. The lowest BCUT2D eigenvalue weighted by Gasteiger charge is -2.14. The summed E-state index contributed by atoms with van der Waals surface area (Å²) >= 11 is 0. The first-order valence-electron chi connectivity index (χ1n) is 3.85. The van der Waals surface area contributed by atoms with Crippen molar-refractivity contribution in [2.45, 2.75) is 11.4 Å². The number of nitrogens with zero attached hydrogens (tertiary/aromatic N) is 1. The van der Waals surface area contributed by atoms with Crippen LogP contribution in [-0.4, -0.2) is 18.3 Å². The number of alkyl halides is 2. The highest BCUT2D eigenvalue weighted by molar-refractivity contribution is 8.15. The third-order valence-corrected chi connectivity index (χ3v) is 3.55. The summed E-state index contributed by atoms with van der Waals surface area (Å²) in [6.07, 6.45) is 1.95. The Labute approximate surface area is 77.9 Å². The maximum atomic E-state index is 12.5. The standard InChI is InChI=1S/C9H9F2NS/c1-13-6-12(9(10)11)7-4-2-3-5-8(7)13/h2-6,9H,1H3.